The summed E-state index contributed by atoms with van der Waals surface area (Å²) in [7, 11) is 0. The molecule has 0 spiro atoms. The molecule has 0 amide bonds. The second-order valence-electron chi connectivity index (χ2n) is 6.88. The van der Waals surface area contributed by atoms with Crippen molar-refractivity contribution in [2.45, 2.75) is 51.5 Å². The van der Waals surface area contributed by atoms with Gasteiger partial charge in [-0.3, -0.25) is 9.25 Å². The molecular weight excluding hydrogens is 316 g/mol. The predicted molar refractivity (Wildman–Crippen MR) is 93.6 cm³/mol. The SMILES string of the molecule is CC(C)c1c(O)nc(-n2ccnc2)nc1-c1cnn(C2CCCC2)c1. The van der Waals surface area contributed by atoms with Crippen LogP contribution in [-0.2, 0) is 0 Å². The van der Waals surface area contributed by atoms with Crippen LogP contribution in [0, 0.1) is 0 Å². The van der Waals surface area contributed by atoms with E-state index in [0.29, 0.717) is 12.0 Å². The van der Waals surface area contributed by atoms with Gasteiger partial charge in [0.2, 0.25) is 11.8 Å². The van der Waals surface area contributed by atoms with Crippen LogP contribution in [0.5, 0.6) is 5.88 Å². The van der Waals surface area contributed by atoms with Crippen molar-refractivity contribution in [2.24, 2.45) is 0 Å². The molecule has 7 heteroatoms. The van der Waals surface area contributed by atoms with Crippen LogP contribution in [0.25, 0.3) is 17.2 Å². The number of rotatable bonds is 4. The zero-order chi connectivity index (χ0) is 17.4. The Hall–Kier alpha value is -2.70. The first-order chi connectivity index (χ1) is 12.1. The van der Waals surface area contributed by atoms with Crippen LogP contribution >= 0.6 is 0 Å². The van der Waals surface area contributed by atoms with E-state index in [1.54, 1.807) is 23.3 Å². The quantitative estimate of drug-likeness (QED) is 0.787. The van der Waals surface area contributed by atoms with Crippen molar-refractivity contribution < 1.29 is 5.11 Å². The molecule has 3 heterocycles. The van der Waals surface area contributed by atoms with E-state index in [-0.39, 0.29) is 11.8 Å². The number of imidazole rings is 1. The zero-order valence-corrected chi connectivity index (χ0v) is 14.5. The van der Waals surface area contributed by atoms with Crippen molar-refractivity contribution >= 4 is 0 Å². The van der Waals surface area contributed by atoms with E-state index in [9.17, 15) is 5.11 Å². The highest BCUT2D eigenvalue weighted by molar-refractivity contribution is 5.65. The van der Waals surface area contributed by atoms with Gasteiger partial charge in [-0.2, -0.15) is 10.1 Å². The third-order valence-corrected chi connectivity index (χ3v) is 4.80. The summed E-state index contributed by atoms with van der Waals surface area (Å²) in [4.78, 5) is 13.0. The predicted octanol–water partition coefficient (Wildman–Crippen LogP) is 3.47. The molecule has 25 heavy (non-hydrogen) atoms. The summed E-state index contributed by atoms with van der Waals surface area (Å²) in [5.41, 5.74) is 2.39. The smallest absolute Gasteiger partial charge is 0.238 e. The maximum absolute atomic E-state index is 10.5. The Labute approximate surface area is 146 Å². The molecule has 0 aliphatic heterocycles. The van der Waals surface area contributed by atoms with E-state index in [2.05, 4.69) is 15.1 Å². The van der Waals surface area contributed by atoms with Crippen LogP contribution in [0.15, 0.2) is 31.1 Å². The highest BCUT2D eigenvalue weighted by atomic mass is 16.3. The molecule has 0 radical (unpaired) electrons. The maximum atomic E-state index is 10.5. The van der Waals surface area contributed by atoms with Gasteiger partial charge in [-0.15, -0.1) is 0 Å². The molecule has 0 atom stereocenters. The Morgan fingerprint density at radius 1 is 1.20 bits per heavy atom. The minimum Gasteiger partial charge on any atom is -0.493 e. The van der Waals surface area contributed by atoms with Gasteiger partial charge in [-0.25, -0.2) is 9.97 Å². The summed E-state index contributed by atoms with van der Waals surface area (Å²) >= 11 is 0. The Bertz CT molecular complexity index is 862. The highest BCUT2D eigenvalue weighted by Crippen LogP contribution is 2.35. The van der Waals surface area contributed by atoms with Gasteiger partial charge in [-0.1, -0.05) is 26.7 Å². The Morgan fingerprint density at radius 3 is 2.68 bits per heavy atom. The molecule has 130 valence electrons. The fraction of sp³-hybridized carbons (Fsp3) is 0.444. The normalized spacial score (nSPS) is 15.3. The van der Waals surface area contributed by atoms with Crippen molar-refractivity contribution in [1.82, 2.24) is 29.3 Å². The van der Waals surface area contributed by atoms with Gasteiger partial charge in [0.05, 0.1) is 17.9 Å². The van der Waals surface area contributed by atoms with Crippen LogP contribution in [0.3, 0.4) is 0 Å². The molecule has 1 saturated carbocycles. The van der Waals surface area contributed by atoms with Crippen LogP contribution in [0.4, 0.5) is 0 Å². The summed E-state index contributed by atoms with van der Waals surface area (Å²) < 4.78 is 3.73. The minimum absolute atomic E-state index is 0.0114. The highest BCUT2D eigenvalue weighted by Gasteiger charge is 2.22. The average Bonchev–Trinajstić information content (AvgIpc) is 3.34. The van der Waals surface area contributed by atoms with E-state index in [4.69, 9.17) is 4.98 Å². The van der Waals surface area contributed by atoms with Gasteiger partial charge in [-0.05, 0) is 18.8 Å². The van der Waals surface area contributed by atoms with Crippen LogP contribution in [0.1, 0.15) is 57.1 Å². The third-order valence-electron chi connectivity index (χ3n) is 4.80. The summed E-state index contributed by atoms with van der Waals surface area (Å²) in [6.45, 7) is 4.06. The van der Waals surface area contributed by atoms with Crippen molar-refractivity contribution in [3.8, 4) is 23.1 Å². The zero-order valence-electron chi connectivity index (χ0n) is 14.5. The Morgan fingerprint density at radius 2 is 2.00 bits per heavy atom. The Kier molecular flexibility index (Phi) is 3.99. The largest absolute Gasteiger partial charge is 0.493 e. The molecule has 1 fully saturated rings. The number of aromatic hydroxyl groups is 1. The molecule has 3 aromatic heterocycles. The molecule has 7 nitrogen and oxygen atoms in total. The van der Waals surface area contributed by atoms with Crippen LogP contribution < -0.4 is 0 Å². The molecule has 4 rings (SSSR count). The van der Waals surface area contributed by atoms with Gasteiger partial charge in [0.1, 0.15) is 6.33 Å². The molecule has 1 aliphatic rings. The maximum Gasteiger partial charge on any atom is 0.238 e. The standard InChI is InChI=1S/C18H22N6O/c1-12(2)15-16(13-9-20-24(10-13)14-5-3-4-6-14)21-18(22-17(15)25)23-8-7-19-11-23/h7-12,14H,3-6H2,1-2H3,(H,21,22,25). The first kappa shape index (κ1) is 15.8. The van der Waals surface area contributed by atoms with Crippen LogP contribution in [0.2, 0.25) is 0 Å². The van der Waals surface area contributed by atoms with Crippen molar-refractivity contribution in [3.63, 3.8) is 0 Å². The molecule has 1 aliphatic carbocycles. The molecule has 0 bridgehead atoms. The molecule has 0 aromatic carbocycles. The lowest BCUT2D eigenvalue weighted by Gasteiger charge is -2.14. The minimum atomic E-state index is 0.0114. The monoisotopic (exact) mass is 338 g/mol. The van der Waals surface area contributed by atoms with Gasteiger partial charge < -0.3 is 5.11 Å². The van der Waals surface area contributed by atoms with Gasteiger partial charge in [0.15, 0.2) is 0 Å². The van der Waals surface area contributed by atoms with E-state index >= 15 is 0 Å². The first-order valence-electron chi connectivity index (χ1n) is 8.77. The third kappa shape index (κ3) is 2.90. The topological polar surface area (TPSA) is 81.7 Å². The number of hydrogen-bond acceptors (Lipinski definition) is 5. The summed E-state index contributed by atoms with van der Waals surface area (Å²) in [6.07, 6.45) is 13.8. The van der Waals surface area contributed by atoms with E-state index < -0.39 is 0 Å². The summed E-state index contributed by atoms with van der Waals surface area (Å²) in [5, 5.41) is 15.1. The van der Waals surface area contributed by atoms with Crippen LogP contribution in [-0.4, -0.2) is 34.4 Å². The van der Waals surface area contributed by atoms with Crippen molar-refractivity contribution in [1.29, 1.82) is 0 Å². The fourth-order valence-corrected chi connectivity index (χ4v) is 3.52. The fourth-order valence-electron chi connectivity index (χ4n) is 3.52. The van der Waals surface area contributed by atoms with Gasteiger partial charge >= 0.3 is 0 Å². The average molecular weight is 338 g/mol. The Balaban J connectivity index is 1.81. The molecular formula is C18H22N6O. The van der Waals surface area contributed by atoms with Gasteiger partial charge in [0.25, 0.3) is 0 Å². The first-order valence-corrected chi connectivity index (χ1v) is 8.77. The number of nitrogens with zero attached hydrogens (tertiary/aromatic N) is 6. The summed E-state index contributed by atoms with van der Waals surface area (Å²) in [5.74, 6) is 0.516. The number of hydrogen-bond donors (Lipinski definition) is 1. The van der Waals surface area contributed by atoms with Crippen molar-refractivity contribution in [3.05, 3.63) is 36.7 Å². The van der Waals surface area contributed by atoms with E-state index in [0.717, 1.165) is 16.8 Å². The lowest BCUT2D eigenvalue weighted by Crippen LogP contribution is -2.06. The second kappa shape index (κ2) is 6.31. The second-order valence-corrected chi connectivity index (χ2v) is 6.88. The number of aromatic nitrogens is 6. The lowest BCUT2D eigenvalue weighted by molar-refractivity contribution is 0.440. The molecule has 1 N–H and O–H groups in total. The molecule has 0 saturated heterocycles. The lowest BCUT2D eigenvalue weighted by atomic mass is 9.99. The molecule has 3 aromatic rings. The van der Waals surface area contributed by atoms with E-state index in [1.807, 2.05) is 30.9 Å². The van der Waals surface area contributed by atoms with Crippen molar-refractivity contribution in [2.75, 3.05) is 0 Å². The van der Waals surface area contributed by atoms with E-state index in [1.165, 1.54) is 25.7 Å². The summed E-state index contributed by atoms with van der Waals surface area (Å²) in [6, 6.07) is 0.472. The van der Waals surface area contributed by atoms with Gasteiger partial charge in [0, 0.05) is 29.7 Å². The molecule has 0 unspecified atom stereocenters.